The number of rotatable bonds is 6. The number of anilines is 1. The van der Waals surface area contributed by atoms with Gasteiger partial charge in [-0.15, -0.1) is 0 Å². The second-order valence-corrected chi connectivity index (χ2v) is 8.48. The van der Waals surface area contributed by atoms with Gasteiger partial charge >= 0.3 is 12.1 Å². The minimum absolute atomic E-state index is 0.0548. The van der Waals surface area contributed by atoms with Crippen LogP contribution in [0, 0.1) is 5.82 Å². The molecule has 202 valence electrons. The Kier molecular flexibility index (Phi) is 9.50. The molecular weight excluding hydrogens is 500 g/mol. The van der Waals surface area contributed by atoms with Gasteiger partial charge in [0.05, 0.1) is 30.0 Å². The van der Waals surface area contributed by atoms with Crippen LogP contribution in [0.25, 0.3) is 0 Å². The molecule has 0 radical (unpaired) electrons. The molecule has 2 unspecified atom stereocenters. The molecule has 1 saturated heterocycles. The van der Waals surface area contributed by atoms with E-state index < -0.39 is 35.5 Å². The monoisotopic (exact) mass is 530 g/mol. The zero-order chi connectivity index (χ0) is 27.9. The molecule has 0 bridgehead atoms. The normalized spacial score (nSPS) is 15.8. The minimum Gasteiger partial charge on any atom is -0.465 e. The van der Waals surface area contributed by atoms with Crippen molar-refractivity contribution in [3.8, 4) is 0 Å². The van der Waals surface area contributed by atoms with E-state index in [9.17, 15) is 27.2 Å². The first-order valence-corrected chi connectivity index (χ1v) is 12.4. The van der Waals surface area contributed by atoms with Gasteiger partial charge in [0.15, 0.2) is 0 Å². The zero-order valence-electron chi connectivity index (χ0n) is 21.4. The maximum atomic E-state index is 14.4. The molecular formula is C29H30F4N2O3. The van der Waals surface area contributed by atoms with Crippen LogP contribution < -0.4 is 5.32 Å². The summed E-state index contributed by atoms with van der Waals surface area (Å²) in [7, 11) is 1.28. The zero-order valence-corrected chi connectivity index (χ0v) is 21.4. The number of carbonyl (C=O) groups is 2. The quantitative estimate of drug-likeness (QED) is 0.271. The van der Waals surface area contributed by atoms with Crippen molar-refractivity contribution in [2.75, 3.05) is 19.0 Å². The molecule has 2 atom stereocenters. The van der Waals surface area contributed by atoms with E-state index in [4.69, 9.17) is 4.74 Å². The number of carbonyl (C=O) groups excluding carboxylic acids is 2. The Labute approximate surface area is 219 Å². The van der Waals surface area contributed by atoms with E-state index in [-0.39, 0.29) is 17.3 Å². The Morgan fingerprint density at radius 3 is 2.32 bits per heavy atom. The number of alkyl halides is 3. The summed E-state index contributed by atoms with van der Waals surface area (Å²) in [5.41, 5.74) is 0.560. The summed E-state index contributed by atoms with van der Waals surface area (Å²) in [4.78, 5) is 27.4. The molecule has 3 aromatic carbocycles. The highest BCUT2D eigenvalue weighted by Crippen LogP contribution is 2.36. The lowest BCUT2D eigenvalue weighted by Gasteiger charge is -2.30. The van der Waals surface area contributed by atoms with E-state index in [1.165, 1.54) is 37.4 Å². The average Bonchev–Trinajstić information content (AvgIpc) is 3.43. The molecule has 0 spiro atoms. The van der Waals surface area contributed by atoms with Gasteiger partial charge in [0.25, 0.3) is 0 Å². The second kappa shape index (κ2) is 12.6. The largest absolute Gasteiger partial charge is 0.465 e. The van der Waals surface area contributed by atoms with Crippen LogP contribution in [0.2, 0.25) is 0 Å². The molecule has 1 fully saturated rings. The fourth-order valence-corrected chi connectivity index (χ4v) is 4.42. The first-order chi connectivity index (χ1) is 18.2. The Balaban J connectivity index is 0.00000195. The van der Waals surface area contributed by atoms with Gasteiger partial charge in [0, 0.05) is 6.54 Å². The van der Waals surface area contributed by atoms with E-state index in [1.54, 1.807) is 35.2 Å². The third-order valence-corrected chi connectivity index (χ3v) is 6.22. The number of para-hydroxylation sites is 1. The fraction of sp³-hybridized carbons (Fsp3) is 0.310. The number of hydrogen-bond acceptors (Lipinski definition) is 4. The van der Waals surface area contributed by atoms with Crippen LogP contribution in [0.3, 0.4) is 0 Å². The number of methoxy groups -OCH3 is 1. The van der Waals surface area contributed by atoms with Gasteiger partial charge < -0.3 is 15.0 Å². The summed E-state index contributed by atoms with van der Waals surface area (Å²) in [6.45, 7) is 4.40. The Hall–Kier alpha value is -3.88. The van der Waals surface area contributed by atoms with Crippen molar-refractivity contribution in [3.63, 3.8) is 0 Å². The number of benzene rings is 3. The molecule has 0 aliphatic carbocycles. The topological polar surface area (TPSA) is 58.6 Å². The number of likely N-dealkylation sites (tertiary alicyclic amines) is 1. The van der Waals surface area contributed by atoms with Crippen LogP contribution in [-0.4, -0.2) is 30.4 Å². The van der Waals surface area contributed by atoms with Crippen molar-refractivity contribution in [1.82, 2.24) is 4.90 Å². The van der Waals surface area contributed by atoms with Crippen LogP contribution in [0.4, 0.5) is 23.2 Å². The van der Waals surface area contributed by atoms with Crippen molar-refractivity contribution in [2.24, 2.45) is 0 Å². The molecule has 9 heteroatoms. The summed E-state index contributed by atoms with van der Waals surface area (Å²) in [5.74, 6) is -1.51. The Morgan fingerprint density at radius 2 is 1.68 bits per heavy atom. The highest BCUT2D eigenvalue weighted by atomic mass is 19.4. The summed E-state index contributed by atoms with van der Waals surface area (Å²) in [6.07, 6.45) is -3.20. The van der Waals surface area contributed by atoms with Gasteiger partial charge in [-0.25, -0.2) is 9.18 Å². The lowest BCUT2D eigenvalue weighted by molar-refractivity contribution is -0.137. The number of halogens is 4. The van der Waals surface area contributed by atoms with Gasteiger partial charge in [-0.1, -0.05) is 50.2 Å². The molecule has 5 nitrogen and oxygen atoms in total. The van der Waals surface area contributed by atoms with Crippen LogP contribution in [0.1, 0.15) is 65.8 Å². The van der Waals surface area contributed by atoms with Gasteiger partial charge in [-0.2, -0.15) is 13.2 Å². The van der Waals surface area contributed by atoms with Crippen LogP contribution in [0.5, 0.6) is 0 Å². The summed E-state index contributed by atoms with van der Waals surface area (Å²) in [5, 5.41) is 2.89. The number of nitrogens with zero attached hydrogens (tertiary/aromatic N) is 1. The van der Waals surface area contributed by atoms with Crippen molar-refractivity contribution in [1.29, 1.82) is 0 Å². The average molecular weight is 531 g/mol. The second-order valence-electron chi connectivity index (χ2n) is 8.48. The molecule has 1 aliphatic rings. The molecule has 38 heavy (non-hydrogen) atoms. The van der Waals surface area contributed by atoms with Gasteiger partial charge in [-0.05, 0) is 60.4 Å². The van der Waals surface area contributed by atoms with Gasteiger partial charge in [0.2, 0.25) is 5.91 Å². The number of nitrogens with one attached hydrogen (secondary N) is 1. The number of amides is 1. The standard InChI is InChI=1S/C27H24F4N2O3.C2H6/c1-36-26(35)19-7-4-6-18(16-19)23-10-5-15-33(23)25(34)24(32-22-9-3-2-8-21(22)28)17-11-13-20(14-12-17)27(29,30)31;1-2/h2-4,6-9,11-14,16,23-24,32H,5,10,15H2,1H3;1-2H3. The van der Waals surface area contributed by atoms with Gasteiger partial charge in [-0.3, -0.25) is 4.79 Å². The molecule has 1 aliphatic heterocycles. The van der Waals surface area contributed by atoms with E-state index in [0.29, 0.717) is 24.9 Å². The van der Waals surface area contributed by atoms with E-state index in [2.05, 4.69) is 5.32 Å². The Morgan fingerprint density at radius 1 is 1.00 bits per heavy atom. The van der Waals surface area contributed by atoms with E-state index in [1.807, 2.05) is 13.8 Å². The minimum atomic E-state index is -4.53. The van der Waals surface area contributed by atoms with Crippen molar-refractivity contribution < 1.29 is 31.9 Å². The van der Waals surface area contributed by atoms with Crippen LogP contribution in [0.15, 0.2) is 72.8 Å². The first kappa shape index (κ1) is 28.7. The van der Waals surface area contributed by atoms with Crippen molar-refractivity contribution in [3.05, 3.63) is 101 Å². The summed E-state index contributed by atoms with van der Waals surface area (Å²) >= 11 is 0. The number of hydrogen-bond donors (Lipinski definition) is 1. The van der Waals surface area contributed by atoms with Crippen LogP contribution in [-0.2, 0) is 15.7 Å². The van der Waals surface area contributed by atoms with E-state index in [0.717, 1.165) is 17.7 Å². The summed E-state index contributed by atoms with van der Waals surface area (Å²) < 4.78 is 58.5. The third kappa shape index (κ3) is 6.51. The molecule has 1 N–H and O–H groups in total. The first-order valence-electron chi connectivity index (χ1n) is 12.4. The molecule has 4 rings (SSSR count). The van der Waals surface area contributed by atoms with Crippen LogP contribution >= 0.6 is 0 Å². The molecule has 0 saturated carbocycles. The summed E-state index contributed by atoms with van der Waals surface area (Å²) in [6, 6.07) is 15.3. The predicted molar refractivity (Wildman–Crippen MR) is 137 cm³/mol. The van der Waals surface area contributed by atoms with Crippen molar-refractivity contribution in [2.45, 2.75) is 44.9 Å². The molecule has 1 heterocycles. The number of esters is 1. The van der Waals surface area contributed by atoms with E-state index >= 15 is 0 Å². The highest BCUT2D eigenvalue weighted by molar-refractivity contribution is 5.90. The van der Waals surface area contributed by atoms with Crippen molar-refractivity contribution >= 4 is 17.6 Å². The lowest BCUT2D eigenvalue weighted by atomic mass is 9.99. The smallest absolute Gasteiger partial charge is 0.416 e. The molecule has 3 aromatic rings. The highest BCUT2D eigenvalue weighted by Gasteiger charge is 2.36. The fourth-order valence-electron chi connectivity index (χ4n) is 4.42. The maximum absolute atomic E-state index is 14.4. The SMILES string of the molecule is CC.COC(=O)c1cccc(C2CCCN2C(=O)C(Nc2ccccc2F)c2ccc(C(F)(F)F)cc2)c1. The van der Waals surface area contributed by atoms with Gasteiger partial charge in [0.1, 0.15) is 11.9 Å². The third-order valence-electron chi connectivity index (χ3n) is 6.22. The number of ether oxygens (including phenoxy) is 1. The maximum Gasteiger partial charge on any atom is 0.416 e. The lowest BCUT2D eigenvalue weighted by Crippen LogP contribution is -2.38. The molecule has 1 amide bonds. The predicted octanol–water partition coefficient (Wildman–Crippen LogP) is 7.17. The molecule has 0 aromatic heterocycles. The Bertz CT molecular complexity index is 1250.